The van der Waals surface area contributed by atoms with Crippen molar-refractivity contribution < 1.29 is 9.59 Å². The van der Waals surface area contributed by atoms with Crippen molar-refractivity contribution >= 4 is 34.5 Å². The topological polar surface area (TPSA) is 104 Å². The zero-order valence-electron chi connectivity index (χ0n) is 15.8. The highest BCUT2D eigenvalue weighted by Gasteiger charge is 2.26. The minimum atomic E-state index is -0.973. The highest BCUT2D eigenvalue weighted by molar-refractivity contribution is 7.98. The second-order valence-corrected chi connectivity index (χ2v) is 7.74. The van der Waals surface area contributed by atoms with E-state index in [1.54, 1.807) is 29.2 Å². The number of hydrogen-bond acceptors (Lipinski definition) is 5. The predicted molar refractivity (Wildman–Crippen MR) is 110 cm³/mol. The van der Waals surface area contributed by atoms with Crippen molar-refractivity contribution in [3.05, 3.63) is 45.1 Å². The lowest BCUT2D eigenvalue weighted by Gasteiger charge is -2.20. The Kier molecular flexibility index (Phi) is 6.56. The monoisotopic (exact) mass is 404 g/mol. The molecule has 1 aliphatic heterocycles. The first-order valence-electron chi connectivity index (χ1n) is 9.31. The quantitative estimate of drug-likeness (QED) is 0.708. The van der Waals surface area contributed by atoms with E-state index >= 15 is 0 Å². The summed E-state index contributed by atoms with van der Waals surface area (Å²) < 4.78 is 0.966. The molecular formula is C19H24N4O4S. The Labute approximate surface area is 166 Å². The number of nitrogens with one attached hydrogen (secondary N) is 2. The number of aromatic nitrogens is 2. The predicted octanol–water partition coefficient (Wildman–Crippen LogP) is 0.723. The molecule has 0 saturated carbocycles. The van der Waals surface area contributed by atoms with Gasteiger partial charge in [0.25, 0.3) is 5.56 Å². The normalized spacial score (nSPS) is 15.0. The Balaban J connectivity index is 1.86. The van der Waals surface area contributed by atoms with Gasteiger partial charge in [-0.15, -0.1) is 0 Å². The molecule has 0 radical (unpaired) electrons. The van der Waals surface area contributed by atoms with Crippen LogP contribution in [0.3, 0.4) is 0 Å². The van der Waals surface area contributed by atoms with Gasteiger partial charge in [-0.2, -0.15) is 11.8 Å². The number of fused-ring (bicyclic) bond motifs is 1. The third-order valence-electron chi connectivity index (χ3n) is 4.92. The number of nitrogens with zero attached hydrogens (tertiary/aromatic N) is 2. The summed E-state index contributed by atoms with van der Waals surface area (Å²) in [5, 5.41) is 2.96. The first kappa shape index (κ1) is 20.2. The highest BCUT2D eigenvalue weighted by atomic mass is 32.2. The van der Waals surface area contributed by atoms with Crippen LogP contribution in [0, 0.1) is 0 Å². The van der Waals surface area contributed by atoms with Gasteiger partial charge in [0.2, 0.25) is 11.8 Å². The lowest BCUT2D eigenvalue weighted by Crippen LogP contribution is -2.47. The van der Waals surface area contributed by atoms with Crippen LogP contribution in [0.5, 0.6) is 0 Å². The van der Waals surface area contributed by atoms with Crippen molar-refractivity contribution in [2.45, 2.75) is 25.3 Å². The smallest absolute Gasteiger partial charge is 0.329 e. The Morgan fingerprint density at radius 1 is 1.21 bits per heavy atom. The van der Waals surface area contributed by atoms with Crippen LogP contribution in [0.2, 0.25) is 0 Å². The number of carbonyl (C=O) groups excluding carboxylic acids is 2. The van der Waals surface area contributed by atoms with E-state index < -0.39 is 23.2 Å². The number of rotatable bonds is 7. The molecule has 28 heavy (non-hydrogen) atoms. The van der Waals surface area contributed by atoms with Crippen molar-refractivity contribution in [2.24, 2.45) is 0 Å². The van der Waals surface area contributed by atoms with Crippen LogP contribution in [-0.4, -0.2) is 57.9 Å². The molecule has 3 rings (SSSR count). The summed E-state index contributed by atoms with van der Waals surface area (Å²) >= 11 is 1.52. The number of thioether (sulfide) groups is 1. The minimum Gasteiger partial charge on any atom is -0.345 e. The molecule has 2 heterocycles. The largest absolute Gasteiger partial charge is 0.345 e. The van der Waals surface area contributed by atoms with E-state index in [0.717, 1.165) is 17.4 Å². The number of likely N-dealkylation sites (tertiary alicyclic amines) is 1. The molecule has 2 N–H and O–H groups in total. The van der Waals surface area contributed by atoms with E-state index in [4.69, 9.17) is 0 Å². The van der Waals surface area contributed by atoms with Crippen molar-refractivity contribution in [2.75, 3.05) is 31.6 Å². The summed E-state index contributed by atoms with van der Waals surface area (Å²) in [5.74, 6) is -0.0460. The molecule has 9 heteroatoms. The summed E-state index contributed by atoms with van der Waals surface area (Å²) in [4.78, 5) is 54.8. The molecule has 1 saturated heterocycles. The van der Waals surface area contributed by atoms with Crippen LogP contribution in [0.25, 0.3) is 10.9 Å². The Hall–Kier alpha value is -2.55. The van der Waals surface area contributed by atoms with Crippen LogP contribution in [0.1, 0.15) is 25.3 Å². The molecule has 0 bridgehead atoms. The van der Waals surface area contributed by atoms with E-state index in [9.17, 15) is 19.2 Å². The number of carbonyl (C=O) groups is 2. The SMILES string of the molecule is CSCC[C@@H](C(=O)NCC(=O)N1CCCC1)n1c(=O)[nH]c2ccccc2c1=O. The second-order valence-electron chi connectivity index (χ2n) is 6.75. The van der Waals surface area contributed by atoms with Crippen LogP contribution in [0.4, 0.5) is 0 Å². The summed E-state index contributed by atoms with van der Waals surface area (Å²) in [6, 6.07) is 5.72. The van der Waals surface area contributed by atoms with E-state index in [2.05, 4.69) is 10.3 Å². The summed E-state index contributed by atoms with van der Waals surface area (Å²) in [7, 11) is 0. The Bertz CT molecular complexity index is 978. The Morgan fingerprint density at radius 3 is 2.64 bits per heavy atom. The average molecular weight is 404 g/mol. The molecule has 1 atom stereocenters. The van der Waals surface area contributed by atoms with Crippen molar-refractivity contribution in [3.63, 3.8) is 0 Å². The van der Waals surface area contributed by atoms with E-state index in [0.29, 0.717) is 36.2 Å². The number of hydrogen-bond donors (Lipinski definition) is 2. The van der Waals surface area contributed by atoms with Crippen LogP contribution in [-0.2, 0) is 9.59 Å². The minimum absolute atomic E-state index is 0.130. The summed E-state index contributed by atoms with van der Waals surface area (Å²) in [6.07, 6.45) is 4.14. The highest BCUT2D eigenvalue weighted by Crippen LogP contribution is 2.13. The molecule has 150 valence electrons. The van der Waals surface area contributed by atoms with Crippen LogP contribution < -0.4 is 16.6 Å². The van der Waals surface area contributed by atoms with Crippen molar-refractivity contribution in [3.8, 4) is 0 Å². The maximum atomic E-state index is 12.9. The van der Waals surface area contributed by atoms with Gasteiger partial charge in [0.15, 0.2) is 0 Å². The molecule has 1 aromatic heterocycles. The molecule has 1 aliphatic rings. The number of amides is 2. The van der Waals surface area contributed by atoms with Gasteiger partial charge in [-0.1, -0.05) is 12.1 Å². The molecule has 0 aliphatic carbocycles. The molecular weight excluding hydrogens is 380 g/mol. The maximum Gasteiger partial charge on any atom is 0.329 e. The van der Waals surface area contributed by atoms with Gasteiger partial charge < -0.3 is 15.2 Å². The summed E-state index contributed by atoms with van der Waals surface area (Å²) in [6.45, 7) is 1.28. The standard InChI is InChI=1S/C19H24N4O4S/c1-28-11-8-15(17(25)20-12-16(24)22-9-4-5-10-22)23-18(26)13-6-2-3-7-14(13)21-19(23)27/h2-3,6-7,15H,4-5,8-12H2,1H3,(H,20,25)(H,21,27)/t15-/m0/s1. The lowest BCUT2D eigenvalue weighted by molar-refractivity contribution is -0.133. The first-order valence-corrected chi connectivity index (χ1v) is 10.7. The van der Waals surface area contributed by atoms with E-state index in [-0.39, 0.29) is 12.5 Å². The fourth-order valence-corrected chi connectivity index (χ4v) is 3.88. The summed E-state index contributed by atoms with van der Waals surface area (Å²) in [5.41, 5.74) is -0.704. The van der Waals surface area contributed by atoms with Gasteiger partial charge in [-0.05, 0) is 43.4 Å². The van der Waals surface area contributed by atoms with Gasteiger partial charge in [0.1, 0.15) is 6.04 Å². The third kappa shape index (κ3) is 4.30. The second kappa shape index (κ2) is 9.09. The molecule has 2 aromatic rings. The molecule has 1 fully saturated rings. The third-order valence-corrected chi connectivity index (χ3v) is 5.56. The number of para-hydroxylation sites is 1. The van der Waals surface area contributed by atoms with Gasteiger partial charge in [-0.3, -0.25) is 14.4 Å². The first-order chi connectivity index (χ1) is 13.5. The van der Waals surface area contributed by atoms with Crippen molar-refractivity contribution in [1.82, 2.24) is 19.8 Å². The number of aromatic amines is 1. The fourth-order valence-electron chi connectivity index (χ4n) is 3.42. The van der Waals surface area contributed by atoms with Gasteiger partial charge in [-0.25, -0.2) is 9.36 Å². The zero-order valence-corrected chi connectivity index (χ0v) is 16.6. The molecule has 8 nitrogen and oxygen atoms in total. The number of benzene rings is 1. The maximum absolute atomic E-state index is 12.9. The van der Waals surface area contributed by atoms with Crippen LogP contribution >= 0.6 is 11.8 Å². The average Bonchev–Trinajstić information content (AvgIpc) is 3.23. The van der Waals surface area contributed by atoms with Gasteiger partial charge in [0.05, 0.1) is 17.4 Å². The molecule has 0 spiro atoms. The van der Waals surface area contributed by atoms with E-state index in [1.807, 2.05) is 6.26 Å². The van der Waals surface area contributed by atoms with Gasteiger partial charge >= 0.3 is 5.69 Å². The van der Waals surface area contributed by atoms with Crippen LogP contribution in [0.15, 0.2) is 33.9 Å². The van der Waals surface area contributed by atoms with Gasteiger partial charge in [0, 0.05) is 13.1 Å². The fraction of sp³-hybridized carbons (Fsp3) is 0.474. The van der Waals surface area contributed by atoms with Crippen molar-refractivity contribution in [1.29, 1.82) is 0 Å². The molecule has 1 aromatic carbocycles. The molecule has 2 amide bonds. The van der Waals surface area contributed by atoms with E-state index in [1.165, 1.54) is 11.8 Å². The molecule has 0 unspecified atom stereocenters. The Morgan fingerprint density at radius 2 is 1.93 bits per heavy atom. The lowest BCUT2D eigenvalue weighted by atomic mass is 10.2. The zero-order chi connectivity index (χ0) is 20.1. The number of H-pyrrole nitrogens is 1.